The fraction of sp³-hybridized carbons (Fsp3) is 0.533. The van der Waals surface area contributed by atoms with E-state index in [1.54, 1.807) is 0 Å². The van der Waals surface area contributed by atoms with Crippen molar-refractivity contribution < 1.29 is 0 Å². The summed E-state index contributed by atoms with van der Waals surface area (Å²) >= 11 is 0. The first kappa shape index (κ1) is 13.9. The third-order valence-corrected chi connectivity index (χ3v) is 3.26. The van der Waals surface area contributed by atoms with E-state index in [0.717, 1.165) is 24.1 Å². The summed E-state index contributed by atoms with van der Waals surface area (Å²) < 4.78 is 2.13. The number of aryl methyl sites for hydroxylation is 1. The van der Waals surface area contributed by atoms with Crippen molar-refractivity contribution >= 4 is 17.0 Å². The average molecular weight is 260 g/mol. The molecule has 0 aliphatic rings. The molecular weight excluding hydrogens is 236 g/mol. The van der Waals surface area contributed by atoms with E-state index in [4.69, 9.17) is 5.73 Å². The van der Waals surface area contributed by atoms with E-state index in [-0.39, 0.29) is 5.41 Å². The lowest BCUT2D eigenvalue weighted by Gasteiger charge is -2.29. The summed E-state index contributed by atoms with van der Waals surface area (Å²) in [7, 11) is 4.20. The van der Waals surface area contributed by atoms with Gasteiger partial charge in [-0.25, -0.2) is 4.98 Å². The van der Waals surface area contributed by atoms with Crippen molar-refractivity contribution in [3.63, 3.8) is 0 Å². The number of nitrogens with two attached hydrogens (primary N) is 1. The Labute approximate surface area is 115 Å². The molecule has 0 spiro atoms. The van der Waals surface area contributed by atoms with Gasteiger partial charge < -0.3 is 15.2 Å². The minimum absolute atomic E-state index is 0.148. The molecule has 0 radical (unpaired) electrons. The van der Waals surface area contributed by atoms with Gasteiger partial charge in [0.15, 0.2) is 0 Å². The normalized spacial score (nSPS) is 12.5. The SMILES string of the molecule is Cc1ccc2nc(N)n(CC(C)(C)CN(C)C)c2c1. The molecule has 0 bridgehead atoms. The molecule has 0 saturated carbocycles. The number of anilines is 1. The van der Waals surface area contributed by atoms with E-state index in [2.05, 4.69) is 61.5 Å². The van der Waals surface area contributed by atoms with Gasteiger partial charge in [-0.1, -0.05) is 19.9 Å². The van der Waals surface area contributed by atoms with Gasteiger partial charge in [0, 0.05) is 13.1 Å². The standard InChI is InChI=1S/C15H24N4/c1-11-6-7-12-13(8-11)19(14(16)17-12)10-15(2,3)9-18(4)5/h6-8H,9-10H2,1-5H3,(H2,16,17). The molecule has 4 nitrogen and oxygen atoms in total. The predicted molar refractivity (Wildman–Crippen MR) is 81.2 cm³/mol. The van der Waals surface area contributed by atoms with Crippen LogP contribution in [-0.4, -0.2) is 35.1 Å². The highest BCUT2D eigenvalue weighted by atomic mass is 15.2. The first-order valence-electron chi connectivity index (χ1n) is 6.66. The zero-order valence-electron chi connectivity index (χ0n) is 12.6. The fourth-order valence-corrected chi connectivity index (χ4v) is 2.75. The van der Waals surface area contributed by atoms with Gasteiger partial charge >= 0.3 is 0 Å². The zero-order valence-corrected chi connectivity index (χ0v) is 12.6. The predicted octanol–water partition coefficient (Wildman–Crippen LogP) is 2.51. The molecule has 0 aliphatic carbocycles. The average Bonchev–Trinajstić information content (AvgIpc) is 2.53. The summed E-state index contributed by atoms with van der Waals surface area (Å²) in [5, 5.41) is 0. The Morgan fingerprint density at radius 3 is 2.63 bits per heavy atom. The Balaban J connectivity index is 2.39. The molecule has 0 saturated heterocycles. The second-order valence-corrected chi connectivity index (χ2v) is 6.45. The van der Waals surface area contributed by atoms with E-state index in [9.17, 15) is 0 Å². The van der Waals surface area contributed by atoms with Gasteiger partial charge in [0.05, 0.1) is 11.0 Å². The lowest BCUT2D eigenvalue weighted by Crippen LogP contribution is -2.32. The molecule has 1 aromatic heterocycles. The van der Waals surface area contributed by atoms with Crippen LogP contribution in [0.4, 0.5) is 5.95 Å². The summed E-state index contributed by atoms with van der Waals surface area (Å²) in [6.45, 7) is 8.50. The van der Waals surface area contributed by atoms with Crippen LogP contribution in [0, 0.1) is 12.3 Å². The molecular formula is C15H24N4. The summed E-state index contributed by atoms with van der Waals surface area (Å²) in [6, 6.07) is 6.27. The largest absolute Gasteiger partial charge is 0.369 e. The smallest absolute Gasteiger partial charge is 0.201 e. The molecule has 1 heterocycles. The number of fused-ring (bicyclic) bond motifs is 1. The van der Waals surface area contributed by atoms with Crippen molar-refractivity contribution in [3.05, 3.63) is 23.8 Å². The van der Waals surface area contributed by atoms with Crippen molar-refractivity contribution in [1.82, 2.24) is 14.5 Å². The zero-order chi connectivity index (χ0) is 14.2. The molecule has 0 unspecified atom stereocenters. The number of aromatic nitrogens is 2. The van der Waals surface area contributed by atoms with Gasteiger partial charge in [-0.2, -0.15) is 0 Å². The van der Waals surface area contributed by atoms with Crippen LogP contribution in [0.3, 0.4) is 0 Å². The molecule has 1 aromatic carbocycles. The van der Waals surface area contributed by atoms with E-state index >= 15 is 0 Å². The van der Waals surface area contributed by atoms with Gasteiger partial charge in [-0.3, -0.25) is 0 Å². The van der Waals surface area contributed by atoms with Gasteiger partial charge in [-0.05, 0) is 44.1 Å². The Bertz CT molecular complexity index is 581. The van der Waals surface area contributed by atoms with Crippen LogP contribution < -0.4 is 5.73 Å². The first-order valence-corrected chi connectivity index (χ1v) is 6.66. The second kappa shape index (κ2) is 4.85. The third kappa shape index (κ3) is 3.07. The Morgan fingerprint density at radius 2 is 2.00 bits per heavy atom. The molecule has 4 heteroatoms. The highest BCUT2D eigenvalue weighted by Gasteiger charge is 2.22. The van der Waals surface area contributed by atoms with Crippen molar-refractivity contribution in [3.8, 4) is 0 Å². The molecule has 2 aromatic rings. The quantitative estimate of drug-likeness (QED) is 0.919. The molecule has 2 N–H and O–H groups in total. The number of nitrogens with zero attached hydrogens (tertiary/aromatic N) is 3. The van der Waals surface area contributed by atoms with Gasteiger partial charge in [0.2, 0.25) is 5.95 Å². The molecule has 19 heavy (non-hydrogen) atoms. The van der Waals surface area contributed by atoms with Crippen LogP contribution >= 0.6 is 0 Å². The van der Waals surface area contributed by atoms with Gasteiger partial charge in [0.1, 0.15) is 0 Å². The topological polar surface area (TPSA) is 47.1 Å². The third-order valence-electron chi connectivity index (χ3n) is 3.26. The highest BCUT2D eigenvalue weighted by Crippen LogP contribution is 2.26. The lowest BCUT2D eigenvalue weighted by molar-refractivity contribution is 0.214. The minimum Gasteiger partial charge on any atom is -0.369 e. The van der Waals surface area contributed by atoms with Crippen molar-refractivity contribution in [2.24, 2.45) is 5.41 Å². The van der Waals surface area contributed by atoms with E-state index in [0.29, 0.717) is 5.95 Å². The summed E-state index contributed by atoms with van der Waals surface area (Å²) in [5.41, 5.74) is 9.57. The molecule has 2 rings (SSSR count). The maximum Gasteiger partial charge on any atom is 0.201 e. The Kier molecular flexibility index (Phi) is 3.54. The molecule has 0 amide bonds. The molecule has 104 valence electrons. The van der Waals surface area contributed by atoms with E-state index in [1.165, 1.54) is 5.56 Å². The Morgan fingerprint density at radius 1 is 1.32 bits per heavy atom. The number of nitrogen functional groups attached to an aromatic ring is 1. The number of imidazole rings is 1. The van der Waals surface area contributed by atoms with E-state index < -0.39 is 0 Å². The minimum atomic E-state index is 0.148. The summed E-state index contributed by atoms with van der Waals surface area (Å²) in [4.78, 5) is 6.65. The van der Waals surface area contributed by atoms with Crippen molar-refractivity contribution in [1.29, 1.82) is 0 Å². The van der Waals surface area contributed by atoms with Crippen LogP contribution in [-0.2, 0) is 6.54 Å². The van der Waals surface area contributed by atoms with Crippen LogP contribution in [0.5, 0.6) is 0 Å². The molecule has 0 aliphatic heterocycles. The second-order valence-electron chi connectivity index (χ2n) is 6.45. The molecule has 0 atom stereocenters. The first-order chi connectivity index (χ1) is 8.78. The van der Waals surface area contributed by atoms with Crippen LogP contribution in [0.2, 0.25) is 0 Å². The molecule has 0 fully saturated rings. The van der Waals surface area contributed by atoms with E-state index in [1.807, 2.05) is 6.07 Å². The maximum atomic E-state index is 6.08. The lowest BCUT2D eigenvalue weighted by atomic mass is 9.92. The van der Waals surface area contributed by atoms with Gasteiger partial charge in [-0.15, -0.1) is 0 Å². The van der Waals surface area contributed by atoms with Gasteiger partial charge in [0.25, 0.3) is 0 Å². The number of hydrogen-bond donors (Lipinski definition) is 1. The van der Waals surface area contributed by atoms with Crippen LogP contribution in [0.15, 0.2) is 18.2 Å². The number of rotatable bonds is 4. The number of hydrogen-bond acceptors (Lipinski definition) is 3. The van der Waals surface area contributed by atoms with Crippen molar-refractivity contribution in [2.45, 2.75) is 27.3 Å². The van der Waals surface area contributed by atoms with Crippen LogP contribution in [0.1, 0.15) is 19.4 Å². The highest BCUT2D eigenvalue weighted by molar-refractivity contribution is 5.79. The van der Waals surface area contributed by atoms with Crippen molar-refractivity contribution in [2.75, 3.05) is 26.4 Å². The fourth-order valence-electron chi connectivity index (χ4n) is 2.75. The van der Waals surface area contributed by atoms with Crippen LogP contribution in [0.25, 0.3) is 11.0 Å². The summed E-state index contributed by atoms with van der Waals surface area (Å²) in [5.74, 6) is 0.604. The summed E-state index contributed by atoms with van der Waals surface area (Å²) in [6.07, 6.45) is 0. The Hall–Kier alpha value is -1.55. The maximum absolute atomic E-state index is 6.08. The number of benzene rings is 1. The monoisotopic (exact) mass is 260 g/mol.